The molecule has 3 nitrogen and oxygen atoms in total. The van der Waals surface area contributed by atoms with Crippen LogP contribution in [-0.4, -0.2) is 15.0 Å². The normalized spacial score (nSPS) is 13.8. The standard InChI is InChI=1S/C65H47N3/c1-64(2)55-25-15-13-22-47(55)49-33-31-44(35-57(49)64)52-37-54-53(45-32-34-50-48-23-14-16-26-56(48)65(3,4)58(50)36-45)38-59(66-62(54)51-24-12-11-21-46(51)52)42-27-29-43(30-28-42)63-67-60(40-17-7-5-8-18-40)39-61(68-63)41-19-9-6-10-20-41/h5-39H,1-4H3. The Labute approximate surface area is 397 Å². The number of hydrogen-bond acceptors (Lipinski definition) is 3. The maximum absolute atomic E-state index is 5.61. The van der Waals surface area contributed by atoms with E-state index >= 15 is 0 Å². The molecule has 0 saturated carbocycles. The van der Waals surface area contributed by atoms with Gasteiger partial charge in [0, 0.05) is 43.9 Å². The van der Waals surface area contributed by atoms with Crippen LogP contribution >= 0.6 is 0 Å². The van der Waals surface area contributed by atoms with Gasteiger partial charge in [-0.25, -0.2) is 15.0 Å². The molecule has 0 radical (unpaired) electrons. The van der Waals surface area contributed by atoms with Crippen molar-refractivity contribution in [2.75, 3.05) is 0 Å². The summed E-state index contributed by atoms with van der Waals surface area (Å²) < 4.78 is 0. The molecule has 0 N–H and O–H groups in total. The molecule has 11 aromatic rings. The molecule has 13 rings (SSSR count). The first-order chi connectivity index (χ1) is 33.2. The van der Waals surface area contributed by atoms with Crippen molar-refractivity contribution in [3.8, 4) is 89.7 Å². The Morgan fingerprint density at radius 3 is 1.24 bits per heavy atom. The molecule has 0 unspecified atom stereocenters. The lowest BCUT2D eigenvalue weighted by Crippen LogP contribution is -2.15. The molecular formula is C65H47N3. The molecule has 0 spiro atoms. The third-order valence-corrected chi connectivity index (χ3v) is 14.9. The molecule has 68 heavy (non-hydrogen) atoms. The van der Waals surface area contributed by atoms with E-state index < -0.39 is 0 Å². The summed E-state index contributed by atoms with van der Waals surface area (Å²) in [6, 6.07) is 77.0. The number of nitrogens with zero attached hydrogens (tertiary/aromatic N) is 3. The van der Waals surface area contributed by atoms with Gasteiger partial charge in [-0.05, 0) is 102 Å². The number of benzene rings is 9. The lowest BCUT2D eigenvalue weighted by molar-refractivity contribution is 0.660. The topological polar surface area (TPSA) is 38.7 Å². The number of fused-ring (bicyclic) bond motifs is 9. The van der Waals surface area contributed by atoms with Gasteiger partial charge in [0.1, 0.15) is 0 Å². The molecule has 2 aromatic heterocycles. The summed E-state index contributed by atoms with van der Waals surface area (Å²) in [4.78, 5) is 15.9. The predicted molar refractivity (Wildman–Crippen MR) is 283 cm³/mol. The van der Waals surface area contributed by atoms with Gasteiger partial charge in [0.25, 0.3) is 0 Å². The van der Waals surface area contributed by atoms with Crippen LogP contribution < -0.4 is 0 Å². The van der Waals surface area contributed by atoms with Crippen LogP contribution in [-0.2, 0) is 10.8 Å². The second-order valence-corrected chi connectivity index (χ2v) is 19.6. The molecule has 0 bridgehead atoms. The summed E-state index contributed by atoms with van der Waals surface area (Å²) >= 11 is 0. The van der Waals surface area contributed by atoms with Crippen molar-refractivity contribution in [1.82, 2.24) is 15.0 Å². The zero-order valence-electron chi connectivity index (χ0n) is 38.5. The molecule has 2 heterocycles. The van der Waals surface area contributed by atoms with E-state index in [9.17, 15) is 0 Å². The Morgan fingerprint density at radius 2 is 0.676 bits per heavy atom. The molecule has 0 amide bonds. The first kappa shape index (κ1) is 40.0. The lowest BCUT2D eigenvalue weighted by Gasteiger charge is -2.23. The Hall–Kier alpha value is -8.27. The average molecular weight is 870 g/mol. The third-order valence-electron chi connectivity index (χ3n) is 14.9. The van der Waals surface area contributed by atoms with Gasteiger partial charge in [-0.3, -0.25) is 0 Å². The molecule has 322 valence electrons. The third kappa shape index (κ3) is 6.23. The fourth-order valence-corrected chi connectivity index (χ4v) is 11.3. The Balaban J connectivity index is 0.997. The number of rotatable bonds is 6. The minimum Gasteiger partial charge on any atom is -0.247 e. The van der Waals surface area contributed by atoms with Crippen molar-refractivity contribution in [2.24, 2.45) is 0 Å². The van der Waals surface area contributed by atoms with Gasteiger partial charge in [-0.15, -0.1) is 0 Å². The summed E-state index contributed by atoms with van der Waals surface area (Å²) in [5, 5.41) is 3.46. The lowest BCUT2D eigenvalue weighted by atomic mass is 9.81. The first-order valence-electron chi connectivity index (χ1n) is 23.7. The smallest absolute Gasteiger partial charge is 0.160 e. The van der Waals surface area contributed by atoms with Crippen molar-refractivity contribution < 1.29 is 0 Å². The SMILES string of the molecule is CC1(C)c2ccccc2-c2ccc(-c3cc4c(-c5ccc6c(c5)C(C)(C)c5ccccc5-6)cc(-c5ccc(-c6nc(-c7ccccc7)cc(-c7ccccc7)n6)cc5)nc4c4ccccc34)cc21. The molecular weight excluding hydrogens is 823 g/mol. The summed E-state index contributed by atoms with van der Waals surface area (Å²) in [7, 11) is 0. The highest BCUT2D eigenvalue weighted by atomic mass is 14.9. The minimum absolute atomic E-state index is 0.110. The van der Waals surface area contributed by atoms with E-state index in [4.69, 9.17) is 15.0 Å². The summed E-state index contributed by atoms with van der Waals surface area (Å²) in [5.41, 5.74) is 23.1. The van der Waals surface area contributed by atoms with E-state index in [0.717, 1.165) is 61.2 Å². The highest BCUT2D eigenvalue weighted by Crippen LogP contribution is 2.52. The fraction of sp³-hybridized carbons (Fsp3) is 0.0923. The minimum atomic E-state index is -0.143. The zero-order chi connectivity index (χ0) is 45.7. The zero-order valence-corrected chi connectivity index (χ0v) is 38.5. The van der Waals surface area contributed by atoms with Crippen LogP contribution in [0.25, 0.3) is 111 Å². The van der Waals surface area contributed by atoms with Crippen molar-refractivity contribution in [3.05, 3.63) is 235 Å². The second kappa shape index (κ2) is 15.1. The predicted octanol–water partition coefficient (Wildman–Crippen LogP) is 16.8. The molecule has 0 aliphatic heterocycles. The van der Waals surface area contributed by atoms with Crippen molar-refractivity contribution in [1.29, 1.82) is 0 Å². The molecule has 0 fully saturated rings. The van der Waals surface area contributed by atoms with Gasteiger partial charge in [0.05, 0.1) is 22.6 Å². The molecule has 0 saturated heterocycles. The van der Waals surface area contributed by atoms with Crippen LogP contribution in [0.1, 0.15) is 49.9 Å². The van der Waals surface area contributed by atoms with Crippen LogP contribution in [0.2, 0.25) is 0 Å². The highest BCUT2D eigenvalue weighted by molar-refractivity contribution is 6.16. The van der Waals surface area contributed by atoms with Gasteiger partial charge in [-0.1, -0.05) is 210 Å². The Kier molecular flexibility index (Phi) is 8.91. The fourth-order valence-electron chi connectivity index (χ4n) is 11.3. The molecule has 2 aliphatic carbocycles. The van der Waals surface area contributed by atoms with Gasteiger partial charge in [0.2, 0.25) is 0 Å². The van der Waals surface area contributed by atoms with Crippen molar-refractivity contribution >= 4 is 21.7 Å². The molecule has 0 atom stereocenters. The van der Waals surface area contributed by atoms with E-state index in [0.29, 0.717) is 5.82 Å². The van der Waals surface area contributed by atoms with Crippen LogP contribution in [0.5, 0.6) is 0 Å². The van der Waals surface area contributed by atoms with Crippen LogP contribution in [0.3, 0.4) is 0 Å². The van der Waals surface area contributed by atoms with E-state index in [1.54, 1.807) is 0 Å². The Morgan fingerprint density at radius 1 is 0.265 bits per heavy atom. The summed E-state index contributed by atoms with van der Waals surface area (Å²) in [6.07, 6.45) is 0. The largest absolute Gasteiger partial charge is 0.247 e. The highest BCUT2D eigenvalue weighted by Gasteiger charge is 2.37. The summed E-state index contributed by atoms with van der Waals surface area (Å²) in [5.74, 6) is 0.683. The van der Waals surface area contributed by atoms with Gasteiger partial charge < -0.3 is 0 Å². The second-order valence-electron chi connectivity index (χ2n) is 19.6. The molecule has 9 aromatic carbocycles. The molecule has 3 heteroatoms. The van der Waals surface area contributed by atoms with Crippen LogP contribution in [0.4, 0.5) is 0 Å². The van der Waals surface area contributed by atoms with Crippen LogP contribution in [0, 0.1) is 0 Å². The van der Waals surface area contributed by atoms with Crippen LogP contribution in [0.15, 0.2) is 212 Å². The van der Waals surface area contributed by atoms with Crippen molar-refractivity contribution in [2.45, 2.75) is 38.5 Å². The van der Waals surface area contributed by atoms with E-state index in [1.807, 2.05) is 12.1 Å². The maximum Gasteiger partial charge on any atom is 0.160 e. The average Bonchev–Trinajstić information content (AvgIpc) is 3.77. The number of pyridine rings is 1. The monoisotopic (exact) mass is 869 g/mol. The van der Waals surface area contributed by atoms with Gasteiger partial charge in [-0.2, -0.15) is 0 Å². The number of aromatic nitrogens is 3. The van der Waals surface area contributed by atoms with E-state index in [-0.39, 0.29) is 10.8 Å². The Bertz CT molecular complexity index is 3770. The summed E-state index contributed by atoms with van der Waals surface area (Å²) in [6.45, 7) is 9.45. The quantitative estimate of drug-likeness (QED) is 0.156. The number of hydrogen-bond donors (Lipinski definition) is 0. The molecule has 2 aliphatic rings. The first-order valence-corrected chi connectivity index (χ1v) is 23.7. The maximum atomic E-state index is 5.61. The van der Waals surface area contributed by atoms with E-state index in [2.05, 4.69) is 228 Å². The van der Waals surface area contributed by atoms with Gasteiger partial charge >= 0.3 is 0 Å². The van der Waals surface area contributed by atoms with Gasteiger partial charge in [0.15, 0.2) is 5.82 Å². The van der Waals surface area contributed by atoms with Crippen molar-refractivity contribution in [3.63, 3.8) is 0 Å². The van der Waals surface area contributed by atoms with E-state index in [1.165, 1.54) is 66.6 Å².